The van der Waals surface area contributed by atoms with Gasteiger partial charge in [0, 0.05) is 69.6 Å². The van der Waals surface area contributed by atoms with E-state index in [0.29, 0.717) is 5.91 Å². The number of aromatic nitrogens is 3. The van der Waals surface area contributed by atoms with Gasteiger partial charge < -0.3 is 14.0 Å². The van der Waals surface area contributed by atoms with Gasteiger partial charge in [0.25, 0.3) is 0 Å². The topological polar surface area (TPSA) is 67.4 Å². The molecule has 140 valence electrons. The summed E-state index contributed by atoms with van der Waals surface area (Å²) < 4.78 is 7.40. The van der Waals surface area contributed by atoms with Crippen LogP contribution in [-0.4, -0.2) is 56.6 Å². The predicted octanol–water partition coefficient (Wildman–Crippen LogP) is 1.78. The maximum absolute atomic E-state index is 13.0. The molecule has 1 saturated heterocycles. The Morgan fingerprint density at radius 2 is 2.12 bits per heavy atom. The monoisotopic (exact) mass is 357 g/mol. The third-order valence-corrected chi connectivity index (χ3v) is 5.61. The van der Waals surface area contributed by atoms with Crippen LogP contribution in [0.15, 0.2) is 16.8 Å². The van der Waals surface area contributed by atoms with Crippen molar-refractivity contribution in [1.29, 1.82) is 0 Å². The Hall–Kier alpha value is -2.15. The standard InChI is InChI=1S/C19H27N5O2/c1-14-10-17(21-26-14)13-22-5-3-6-23(9-8-22)19(25)16-4-7-24-15(2)20-12-18(24)11-16/h10,12,16H,3-9,11,13H2,1-2H3. The number of imidazole rings is 1. The van der Waals surface area contributed by atoms with Crippen LogP contribution in [0, 0.1) is 19.8 Å². The van der Waals surface area contributed by atoms with Gasteiger partial charge in [0.1, 0.15) is 11.6 Å². The Balaban J connectivity index is 1.34. The molecule has 2 aliphatic rings. The first-order chi connectivity index (χ1) is 12.6. The molecule has 0 radical (unpaired) electrons. The van der Waals surface area contributed by atoms with Gasteiger partial charge in [0.05, 0.1) is 5.69 Å². The highest BCUT2D eigenvalue weighted by Crippen LogP contribution is 2.24. The molecule has 7 nitrogen and oxygen atoms in total. The SMILES string of the molecule is Cc1cc(CN2CCCN(C(=O)C3CCn4c(cnc4C)C3)CC2)no1. The summed E-state index contributed by atoms with van der Waals surface area (Å²) in [7, 11) is 0. The molecule has 2 aromatic heterocycles. The highest BCUT2D eigenvalue weighted by atomic mass is 16.5. The predicted molar refractivity (Wildman–Crippen MR) is 96.5 cm³/mol. The van der Waals surface area contributed by atoms with Crippen molar-refractivity contribution in [2.75, 3.05) is 26.2 Å². The van der Waals surface area contributed by atoms with E-state index in [-0.39, 0.29) is 5.92 Å². The lowest BCUT2D eigenvalue weighted by atomic mass is 9.94. The van der Waals surface area contributed by atoms with Gasteiger partial charge in [-0.2, -0.15) is 0 Å². The molecule has 1 unspecified atom stereocenters. The third kappa shape index (κ3) is 3.53. The summed E-state index contributed by atoms with van der Waals surface area (Å²) in [6, 6.07) is 1.99. The molecule has 26 heavy (non-hydrogen) atoms. The van der Waals surface area contributed by atoms with Crippen LogP contribution in [0.5, 0.6) is 0 Å². The molecule has 1 fully saturated rings. The summed E-state index contributed by atoms with van der Waals surface area (Å²) in [5.74, 6) is 2.32. The molecule has 2 aliphatic heterocycles. The van der Waals surface area contributed by atoms with Crippen molar-refractivity contribution in [3.8, 4) is 0 Å². The van der Waals surface area contributed by atoms with Crippen molar-refractivity contribution in [2.24, 2.45) is 5.92 Å². The normalized spacial score (nSPS) is 21.5. The zero-order valence-electron chi connectivity index (χ0n) is 15.6. The van der Waals surface area contributed by atoms with Crippen LogP contribution in [0.3, 0.4) is 0 Å². The van der Waals surface area contributed by atoms with Crippen LogP contribution in [0.25, 0.3) is 0 Å². The summed E-state index contributed by atoms with van der Waals surface area (Å²) in [4.78, 5) is 21.9. The van der Waals surface area contributed by atoms with Gasteiger partial charge in [-0.3, -0.25) is 9.69 Å². The van der Waals surface area contributed by atoms with Crippen molar-refractivity contribution >= 4 is 5.91 Å². The van der Waals surface area contributed by atoms with E-state index in [1.54, 1.807) is 0 Å². The summed E-state index contributed by atoms with van der Waals surface area (Å²) in [5, 5.41) is 4.09. The first-order valence-corrected chi connectivity index (χ1v) is 9.54. The fraction of sp³-hybridized carbons (Fsp3) is 0.632. The fourth-order valence-corrected chi connectivity index (χ4v) is 4.16. The number of carbonyl (C=O) groups is 1. The maximum Gasteiger partial charge on any atom is 0.226 e. The second-order valence-electron chi connectivity index (χ2n) is 7.52. The Labute approximate surface area is 154 Å². The van der Waals surface area contributed by atoms with Crippen molar-refractivity contribution < 1.29 is 9.32 Å². The maximum atomic E-state index is 13.0. The molecule has 7 heteroatoms. The van der Waals surface area contributed by atoms with Crippen molar-refractivity contribution in [2.45, 2.75) is 46.2 Å². The molecule has 4 heterocycles. The number of amides is 1. The second-order valence-corrected chi connectivity index (χ2v) is 7.52. The number of fused-ring (bicyclic) bond motifs is 1. The lowest BCUT2D eigenvalue weighted by Gasteiger charge is -2.29. The first kappa shape index (κ1) is 17.3. The number of rotatable bonds is 3. The minimum Gasteiger partial charge on any atom is -0.361 e. The van der Waals surface area contributed by atoms with Gasteiger partial charge in [-0.15, -0.1) is 0 Å². The number of carbonyl (C=O) groups excluding carboxylic acids is 1. The summed E-state index contributed by atoms with van der Waals surface area (Å²) in [6.45, 7) is 9.17. The van der Waals surface area contributed by atoms with E-state index in [2.05, 4.69) is 24.5 Å². The third-order valence-electron chi connectivity index (χ3n) is 5.61. The van der Waals surface area contributed by atoms with Crippen LogP contribution in [0.1, 0.15) is 35.8 Å². The Bertz CT molecular complexity index is 781. The molecule has 2 aromatic rings. The molecular formula is C19H27N5O2. The van der Waals surface area contributed by atoms with Gasteiger partial charge in [-0.05, 0) is 26.7 Å². The van der Waals surface area contributed by atoms with Crippen LogP contribution >= 0.6 is 0 Å². The van der Waals surface area contributed by atoms with E-state index in [1.807, 2.05) is 26.1 Å². The molecular weight excluding hydrogens is 330 g/mol. The fourth-order valence-electron chi connectivity index (χ4n) is 4.16. The molecule has 0 saturated carbocycles. The van der Waals surface area contributed by atoms with Gasteiger partial charge in [-0.1, -0.05) is 5.16 Å². The van der Waals surface area contributed by atoms with Crippen LogP contribution in [-0.2, 0) is 24.3 Å². The van der Waals surface area contributed by atoms with E-state index in [1.165, 1.54) is 5.69 Å². The molecule has 0 bridgehead atoms. The number of hydrogen-bond donors (Lipinski definition) is 0. The van der Waals surface area contributed by atoms with Gasteiger partial charge >= 0.3 is 0 Å². The minimum atomic E-state index is 0.100. The summed E-state index contributed by atoms with van der Waals surface area (Å²) in [5.41, 5.74) is 2.17. The highest BCUT2D eigenvalue weighted by molar-refractivity contribution is 5.79. The van der Waals surface area contributed by atoms with E-state index >= 15 is 0 Å². The van der Waals surface area contributed by atoms with Gasteiger partial charge in [0.15, 0.2) is 0 Å². The van der Waals surface area contributed by atoms with Crippen LogP contribution < -0.4 is 0 Å². The zero-order chi connectivity index (χ0) is 18.1. The van der Waals surface area contributed by atoms with Crippen LogP contribution in [0.4, 0.5) is 0 Å². The van der Waals surface area contributed by atoms with Crippen molar-refractivity contribution in [3.05, 3.63) is 35.2 Å². The van der Waals surface area contributed by atoms with Crippen molar-refractivity contribution in [3.63, 3.8) is 0 Å². The highest BCUT2D eigenvalue weighted by Gasteiger charge is 2.30. The Kier molecular flexibility index (Phi) is 4.80. The second kappa shape index (κ2) is 7.23. The average Bonchev–Trinajstić information content (AvgIpc) is 3.13. The van der Waals surface area contributed by atoms with E-state index < -0.39 is 0 Å². The van der Waals surface area contributed by atoms with Crippen molar-refractivity contribution in [1.82, 2.24) is 24.5 Å². The summed E-state index contributed by atoms with van der Waals surface area (Å²) >= 11 is 0. The molecule has 0 N–H and O–H groups in total. The summed E-state index contributed by atoms with van der Waals surface area (Å²) in [6.07, 6.45) is 4.67. The van der Waals surface area contributed by atoms with E-state index in [9.17, 15) is 4.79 Å². The smallest absolute Gasteiger partial charge is 0.226 e. The molecule has 0 aromatic carbocycles. The molecule has 0 aliphatic carbocycles. The Morgan fingerprint density at radius 1 is 1.23 bits per heavy atom. The van der Waals surface area contributed by atoms with Gasteiger partial charge in [-0.25, -0.2) is 4.98 Å². The van der Waals surface area contributed by atoms with E-state index in [0.717, 1.165) is 75.8 Å². The molecule has 4 rings (SSSR count). The lowest BCUT2D eigenvalue weighted by Crippen LogP contribution is -2.41. The minimum absolute atomic E-state index is 0.100. The lowest BCUT2D eigenvalue weighted by molar-refractivity contribution is -0.136. The largest absolute Gasteiger partial charge is 0.361 e. The quantitative estimate of drug-likeness (QED) is 0.838. The first-order valence-electron chi connectivity index (χ1n) is 9.54. The number of nitrogens with zero attached hydrogens (tertiary/aromatic N) is 5. The average molecular weight is 357 g/mol. The van der Waals surface area contributed by atoms with Crippen LogP contribution in [0.2, 0.25) is 0 Å². The number of hydrogen-bond acceptors (Lipinski definition) is 5. The zero-order valence-corrected chi connectivity index (χ0v) is 15.6. The Morgan fingerprint density at radius 3 is 2.92 bits per heavy atom. The van der Waals surface area contributed by atoms with Gasteiger partial charge in [0.2, 0.25) is 5.91 Å². The van der Waals surface area contributed by atoms with E-state index in [4.69, 9.17) is 4.52 Å². The molecule has 0 spiro atoms. The molecule has 1 amide bonds. The molecule has 1 atom stereocenters. The number of aryl methyl sites for hydroxylation is 2.